The van der Waals surface area contributed by atoms with Crippen LogP contribution in [0.3, 0.4) is 0 Å². The topological polar surface area (TPSA) is 50.4 Å². The van der Waals surface area contributed by atoms with Gasteiger partial charge in [-0.1, -0.05) is 28.1 Å². The number of ether oxygens (including phenoxy) is 1. The summed E-state index contributed by atoms with van der Waals surface area (Å²) in [6.45, 7) is 0.458. The lowest BCUT2D eigenvalue weighted by Gasteiger charge is -2.26. The normalized spacial score (nSPS) is 16.6. The zero-order valence-corrected chi connectivity index (χ0v) is 12.2. The maximum absolute atomic E-state index is 12.2. The van der Waals surface area contributed by atoms with Crippen molar-refractivity contribution in [2.24, 2.45) is 0 Å². The molecule has 2 N–H and O–H groups in total. The minimum atomic E-state index is -0.534. The molecule has 1 aliphatic rings. The number of carbonyl (C=O) groups excluding carboxylic acids is 1. The first-order valence-corrected chi connectivity index (χ1v) is 7.08. The summed E-state index contributed by atoms with van der Waals surface area (Å²) in [6.07, 6.45) is -0.534. The number of fused-ring (bicyclic) bond motifs is 1. The summed E-state index contributed by atoms with van der Waals surface area (Å²) in [5.41, 5.74) is 1.67. The molecule has 2 aromatic rings. The summed E-state index contributed by atoms with van der Waals surface area (Å²) in [6, 6.07) is 15.0. The molecule has 1 atom stereocenters. The molecule has 0 saturated carbocycles. The van der Waals surface area contributed by atoms with Crippen LogP contribution in [0.1, 0.15) is 0 Å². The van der Waals surface area contributed by atoms with Crippen LogP contribution in [-0.4, -0.2) is 18.6 Å². The molecule has 0 fully saturated rings. The van der Waals surface area contributed by atoms with E-state index in [4.69, 9.17) is 4.74 Å². The van der Waals surface area contributed by atoms with E-state index in [2.05, 4.69) is 26.6 Å². The first kappa shape index (κ1) is 13.0. The molecule has 3 rings (SSSR count). The predicted octanol–water partition coefficient (Wildman–Crippen LogP) is 3.26. The van der Waals surface area contributed by atoms with E-state index in [0.717, 1.165) is 15.8 Å². The summed E-state index contributed by atoms with van der Waals surface area (Å²) in [5, 5.41) is 6.04. The number of anilines is 2. The number of halogens is 1. The van der Waals surface area contributed by atoms with Gasteiger partial charge in [0.1, 0.15) is 5.75 Å². The second-order valence-corrected chi connectivity index (χ2v) is 5.40. The van der Waals surface area contributed by atoms with Crippen LogP contribution in [0.25, 0.3) is 0 Å². The molecule has 0 saturated heterocycles. The molecule has 20 heavy (non-hydrogen) atoms. The number of carbonyl (C=O) groups is 1. The Kier molecular flexibility index (Phi) is 3.60. The van der Waals surface area contributed by atoms with Gasteiger partial charge >= 0.3 is 0 Å². The van der Waals surface area contributed by atoms with Gasteiger partial charge < -0.3 is 15.4 Å². The molecule has 1 heterocycles. The molecule has 0 bridgehead atoms. The molecule has 0 aromatic heterocycles. The van der Waals surface area contributed by atoms with Gasteiger partial charge in [0, 0.05) is 10.2 Å². The number of nitrogens with one attached hydrogen (secondary N) is 2. The van der Waals surface area contributed by atoms with E-state index in [1.807, 2.05) is 48.5 Å². The van der Waals surface area contributed by atoms with E-state index in [1.165, 1.54) is 0 Å². The summed E-state index contributed by atoms with van der Waals surface area (Å²) in [5.74, 6) is 0.545. The van der Waals surface area contributed by atoms with Crippen molar-refractivity contribution < 1.29 is 9.53 Å². The Hall–Kier alpha value is -2.01. The van der Waals surface area contributed by atoms with Crippen molar-refractivity contribution in [3.05, 3.63) is 53.0 Å². The van der Waals surface area contributed by atoms with E-state index in [-0.39, 0.29) is 5.91 Å². The van der Waals surface area contributed by atoms with Crippen LogP contribution in [0.4, 0.5) is 11.4 Å². The fourth-order valence-corrected chi connectivity index (χ4v) is 2.28. The Bertz CT molecular complexity index is 628. The Morgan fingerprint density at radius 2 is 1.95 bits per heavy atom. The standard InChI is InChI=1S/C15H13BrN2O2/c16-10-5-7-11(8-6-10)18-15(19)14-9-17-12-3-1-2-4-13(12)20-14/h1-8,14,17H,9H2,(H,18,19). The maximum atomic E-state index is 12.2. The SMILES string of the molecule is O=C(Nc1ccc(Br)cc1)C1CNc2ccccc2O1. The highest BCUT2D eigenvalue weighted by Crippen LogP contribution is 2.28. The molecule has 1 unspecified atom stereocenters. The van der Waals surface area contributed by atoms with Gasteiger partial charge in [-0.25, -0.2) is 0 Å². The molecule has 0 aliphatic carbocycles. The maximum Gasteiger partial charge on any atom is 0.267 e. The Labute approximate surface area is 125 Å². The van der Waals surface area contributed by atoms with Crippen molar-refractivity contribution in [2.45, 2.75) is 6.10 Å². The Balaban J connectivity index is 1.68. The van der Waals surface area contributed by atoms with E-state index < -0.39 is 6.10 Å². The minimum absolute atomic E-state index is 0.158. The number of amides is 1. The number of benzene rings is 2. The average molecular weight is 333 g/mol. The second-order valence-electron chi connectivity index (χ2n) is 4.48. The smallest absolute Gasteiger partial charge is 0.267 e. The van der Waals surface area contributed by atoms with Crippen LogP contribution >= 0.6 is 15.9 Å². The van der Waals surface area contributed by atoms with Gasteiger partial charge in [-0.3, -0.25) is 4.79 Å². The van der Waals surface area contributed by atoms with E-state index >= 15 is 0 Å². The lowest BCUT2D eigenvalue weighted by Crippen LogP contribution is -2.41. The average Bonchev–Trinajstić information content (AvgIpc) is 2.49. The molecule has 0 radical (unpaired) electrons. The minimum Gasteiger partial charge on any atom is -0.477 e. The van der Waals surface area contributed by atoms with E-state index in [1.54, 1.807) is 0 Å². The van der Waals surface area contributed by atoms with Crippen molar-refractivity contribution in [3.8, 4) is 5.75 Å². The molecule has 0 spiro atoms. The molecule has 1 aliphatic heterocycles. The van der Waals surface area contributed by atoms with Gasteiger partial charge in [-0.15, -0.1) is 0 Å². The van der Waals surface area contributed by atoms with Gasteiger partial charge in [0.15, 0.2) is 6.10 Å². The van der Waals surface area contributed by atoms with Crippen LogP contribution in [0.5, 0.6) is 5.75 Å². The highest BCUT2D eigenvalue weighted by molar-refractivity contribution is 9.10. The molecular formula is C15H13BrN2O2. The predicted molar refractivity (Wildman–Crippen MR) is 82.1 cm³/mol. The lowest BCUT2D eigenvalue weighted by atomic mass is 10.2. The molecular weight excluding hydrogens is 320 g/mol. The molecule has 5 heteroatoms. The third kappa shape index (κ3) is 2.77. The van der Waals surface area contributed by atoms with E-state index in [9.17, 15) is 4.79 Å². The van der Waals surface area contributed by atoms with Crippen LogP contribution < -0.4 is 15.4 Å². The second kappa shape index (κ2) is 5.54. The van der Waals surface area contributed by atoms with Crippen LogP contribution in [0.2, 0.25) is 0 Å². The van der Waals surface area contributed by atoms with Gasteiger partial charge in [0.05, 0.1) is 12.2 Å². The first-order valence-electron chi connectivity index (χ1n) is 6.28. The Morgan fingerprint density at radius 1 is 1.20 bits per heavy atom. The third-order valence-corrected chi connectivity index (χ3v) is 3.57. The summed E-state index contributed by atoms with van der Waals surface area (Å²) >= 11 is 3.36. The largest absolute Gasteiger partial charge is 0.477 e. The summed E-state index contributed by atoms with van der Waals surface area (Å²) in [7, 11) is 0. The summed E-state index contributed by atoms with van der Waals surface area (Å²) in [4.78, 5) is 12.2. The van der Waals surface area contributed by atoms with Crippen LogP contribution in [0.15, 0.2) is 53.0 Å². The van der Waals surface area contributed by atoms with Gasteiger partial charge in [0.25, 0.3) is 5.91 Å². The monoisotopic (exact) mass is 332 g/mol. The quantitative estimate of drug-likeness (QED) is 0.887. The number of rotatable bonds is 2. The van der Waals surface area contributed by atoms with Crippen molar-refractivity contribution in [2.75, 3.05) is 17.2 Å². The zero-order valence-electron chi connectivity index (χ0n) is 10.6. The van der Waals surface area contributed by atoms with Gasteiger partial charge in [0.2, 0.25) is 0 Å². The van der Waals surface area contributed by atoms with E-state index in [0.29, 0.717) is 12.3 Å². The van der Waals surface area contributed by atoms with Gasteiger partial charge in [-0.2, -0.15) is 0 Å². The fourth-order valence-electron chi connectivity index (χ4n) is 2.02. The summed E-state index contributed by atoms with van der Waals surface area (Å²) < 4.78 is 6.68. The molecule has 102 valence electrons. The molecule has 1 amide bonds. The molecule has 2 aromatic carbocycles. The number of hydrogen-bond donors (Lipinski definition) is 2. The van der Waals surface area contributed by atoms with Crippen molar-refractivity contribution in [1.29, 1.82) is 0 Å². The first-order chi connectivity index (χ1) is 9.72. The highest BCUT2D eigenvalue weighted by Gasteiger charge is 2.25. The van der Waals surface area contributed by atoms with Crippen molar-refractivity contribution in [3.63, 3.8) is 0 Å². The lowest BCUT2D eigenvalue weighted by molar-refractivity contribution is -0.122. The van der Waals surface area contributed by atoms with Crippen LogP contribution in [0, 0.1) is 0 Å². The fraction of sp³-hybridized carbons (Fsp3) is 0.133. The van der Waals surface area contributed by atoms with Crippen molar-refractivity contribution in [1.82, 2.24) is 0 Å². The third-order valence-electron chi connectivity index (χ3n) is 3.04. The highest BCUT2D eigenvalue weighted by atomic mass is 79.9. The van der Waals surface area contributed by atoms with Crippen LogP contribution in [-0.2, 0) is 4.79 Å². The zero-order chi connectivity index (χ0) is 13.9. The molecule has 4 nitrogen and oxygen atoms in total. The van der Waals surface area contributed by atoms with Crippen molar-refractivity contribution >= 4 is 33.2 Å². The number of hydrogen-bond acceptors (Lipinski definition) is 3. The number of para-hydroxylation sites is 2. The van der Waals surface area contributed by atoms with Gasteiger partial charge in [-0.05, 0) is 36.4 Å². The Morgan fingerprint density at radius 3 is 2.75 bits per heavy atom.